The number of hydrogen-bond donors (Lipinski definition) is 5. The Morgan fingerprint density at radius 2 is 1.39 bits per heavy atom. The minimum absolute atomic E-state index is 0.0942. The molecule has 1 aromatic heterocycles. The molecule has 5 amide bonds. The van der Waals surface area contributed by atoms with Crippen LogP contribution >= 0.6 is 0 Å². The molecule has 348 valence electrons. The highest BCUT2D eigenvalue weighted by Gasteiger charge is 2.26. The molecular formula is C52H56N6O9. The fourth-order valence-electron chi connectivity index (χ4n) is 6.88. The number of carbonyl (C=O) groups excluding carboxylic acids is 6. The molecule has 15 nitrogen and oxygen atoms in total. The Morgan fingerprint density at radius 1 is 0.716 bits per heavy atom. The molecule has 0 spiro atoms. The molecule has 0 aliphatic heterocycles. The van der Waals surface area contributed by atoms with Gasteiger partial charge in [-0.15, -0.1) is 0 Å². The summed E-state index contributed by atoms with van der Waals surface area (Å²) in [6, 6.07) is 23.0. The van der Waals surface area contributed by atoms with Crippen molar-refractivity contribution in [2.24, 2.45) is 5.41 Å². The predicted molar refractivity (Wildman–Crippen MR) is 257 cm³/mol. The van der Waals surface area contributed by atoms with Crippen LogP contribution in [0.25, 0.3) is 0 Å². The van der Waals surface area contributed by atoms with Crippen molar-refractivity contribution in [3.8, 4) is 0 Å². The number of benzene rings is 3. The summed E-state index contributed by atoms with van der Waals surface area (Å²) >= 11 is 0. The summed E-state index contributed by atoms with van der Waals surface area (Å²) in [5.74, 6) is -2.18. The zero-order valence-corrected chi connectivity index (χ0v) is 38.3. The highest BCUT2D eigenvalue weighted by atomic mass is 16.7. The number of allylic oxidation sites excluding steroid dienone is 9. The van der Waals surface area contributed by atoms with Crippen molar-refractivity contribution in [2.45, 2.75) is 67.0 Å². The van der Waals surface area contributed by atoms with Gasteiger partial charge in [0, 0.05) is 47.4 Å². The van der Waals surface area contributed by atoms with Crippen molar-refractivity contribution >= 4 is 52.9 Å². The Kier molecular flexibility index (Phi) is 18.5. The van der Waals surface area contributed by atoms with E-state index in [1.807, 2.05) is 19.1 Å². The first-order valence-corrected chi connectivity index (χ1v) is 21.6. The van der Waals surface area contributed by atoms with Gasteiger partial charge in [-0.05, 0) is 117 Å². The van der Waals surface area contributed by atoms with Crippen molar-refractivity contribution in [2.75, 3.05) is 29.3 Å². The second-order valence-corrected chi connectivity index (χ2v) is 16.4. The Hall–Kier alpha value is -8.07. The number of esters is 1. The number of aromatic nitrogens is 1. The van der Waals surface area contributed by atoms with Crippen molar-refractivity contribution < 1.29 is 43.0 Å². The SMILES string of the molecule is CC1=C(/C=C/C(C)=C/C=C/C(C)=C/C(=O)OCOC(=O)NCC(=O)Nc2ccccc2NC(=O)c2ccc(NC(=O)c3ccc(CNC(=O)OCc4cccnc4)cc3)cc2)C(C)(C)CCC1. The molecule has 0 unspecified atom stereocenters. The maximum atomic E-state index is 13.2. The lowest BCUT2D eigenvalue weighted by Gasteiger charge is -2.32. The van der Waals surface area contributed by atoms with Gasteiger partial charge in [-0.25, -0.2) is 14.4 Å². The molecule has 0 fully saturated rings. The lowest BCUT2D eigenvalue weighted by atomic mass is 9.72. The predicted octanol–water partition coefficient (Wildman–Crippen LogP) is 9.71. The number of nitrogens with one attached hydrogen (secondary N) is 5. The lowest BCUT2D eigenvalue weighted by Crippen LogP contribution is -2.34. The lowest BCUT2D eigenvalue weighted by molar-refractivity contribution is -0.145. The van der Waals surface area contributed by atoms with Gasteiger partial charge in [0.05, 0.1) is 11.4 Å². The highest BCUT2D eigenvalue weighted by molar-refractivity contribution is 6.08. The minimum Gasteiger partial charge on any atom is -0.445 e. The summed E-state index contributed by atoms with van der Waals surface area (Å²) in [7, 11) is 0. The van der Waals surface area contributed by atoms with E-state index in [2.05, 4.69) is 64.5 Å². The van der Waals surface area contributed by atoms with Gasteiger partial charge in [-0.2, -0.15) is 0 Å². The smallest absolute Gasteiger partial charge is 0.410 e. The number of nitrogens with zero attached hydrogens (tertiary/aromatic N) is 1. The van der Waals surface area contributed by atoms with Gasteiger partial charge in [0.15, 0.2) is 0 Å². The first-order chi connectivity index (χ1) is 32.1. The maximum Gasteiger partial charge on any atom is 0.410 e. The topological polar surface area (TPSA) is 203 Å². The van der Waals surface area contributed by atoms with Crippen LogP contribution in [-0.4, -0.2) is 54.2 Å². The third kappa shape index (κ3) is 16.8. The number of alkyl carbamates (subject to hydrolysis) is 2. The number of amides is 5. The fourth-order valence-corrected chi connectivity index (χ4v) is 6.88. The molecule has 3 aromatic carbocycles. The van der Waals surface area contributed by atoms with E-state index < -0.39 is 43.3 Å². The first kappa shape index (κ1) is 49.9. The molecule has 67 heavy (non-hydrogen) atoms. The van der Waals surface area contributed by atoms with E-state index in [-0.39, 0.29) is 35.7 Å². The maximum absolute atomic E-state index is 13.2. The molecule has 0 atom stereocenters. The van der Waals surface area contributed by atoms with Crippen molar-refractivity contribution in [1.29, 1.82) is 0 Å². The largest absolute Gasteiger partial charge is 0.445 e. The summed E-state index contributed by atoms with van der Waals surface area (Å²) in [6.45, 7) is 9.67. The quantitative estimate of drug-likeness (QED) is 0.0277. The number of pyridine rings is 1. The second kappa shape index (κ2) is 24.8. The van der Waals surface area contributed by atoms with Crippen LogP contribution in [0.5, 0.6) is 0 Å². The molecule has 4 aromatic rings. The summed E-state index contributed by atoms with van der Waals surface area (Å²) in [6.07, 6.45) is 16.3. The molecule has 0 radical (unpaired) electrons. The average Bonchev–Trinajstić information content (AvgIpc) is 3.30. The molecule has 5 rings (SSSR count). The summed E-state index contributed by atoms with van der Waals surface area (Å²) in [4.78, 5) is 79.3. The average molecular weight is 909 g/mol. The van der Waals surface area contributed by atoms with Gasteiger partial charge in [-0.1, -0.05) is 85.7 Å². The van der Waals surface area contributed by atoms with E-state index in [1.54, 1.807) is 98.2 Å². The van der Waals surface area contributed by atoms with E-state index >= 15 is 0 Å². The molecule has 0 saturated heterocycles. The van der Waals surface area contributed by atoms with Crippen LogP contribution in [-0.2, 0) is 37.0 Å². The Labute approximate surface area is 390 Å². The van der Waals surface area contributed by atoms with Gasteiger partial charge in [0.1, 0.15) is 13.2 Å². The van der Waals surface area contributed by atoms with Crippen LogP contribution in [0.2, 0.25) is 0 Å². The molecule has 15 heteroatoms. The van der Waals surface area contributed by atoms with Crippen LogP contribution in [0.1, 0.15) is 85.7 Å². The standard InChI is InChI=1S/C52H56N6O9/c1-35(17-26-43-37(3)13-9-27-52(43,4)5)11-8-12-36(2)29-47(60)66-34-67-51(64)55-32-46(59)57-44-15-6-7-16-45(44)58-49(62)41-22-24-42(25-23-41)56-48(61)40-20-18-38(19-21-40)31-54-50(63)65-33-39-14-10-28-53-30-39/h6-8,10-12,14-26,28-30H,9,13,27,31-34H2,1-5H3,(H,54,63)(H,55,64)(H,56,61)(H,57,59)(H,58,62)/b12-8+,26-17+,35-11+,36-29+. The number of hydrogen-bond acceptors (Lipinski definition) is 10. The van der Waals surface area contributed by atoms with Crippen LogP contribution in [0, 0.1) is 5.41 Å². The number of para-hydroxylation sites is 2. The molecule has 1 aliphatic rings. The zero-order chi connectivity index (χ0) is 48.2. The van der Waals surface area contributed by atoms with Gasteiger partial charge in [0.25, 0.3) is 11.8 Å². The van der Waals surface area contributed by atoms with Crippen molar-refractivity contribution in [3.05, 3.63) is 178 Å². The van der Waals surface area contributed by atoms with E-state index in [9.17, 15) is 28.8 Å². The van der Waals surface area contributed by atoms with Crippen LogP contribution in [0.3, 0.4) is 0 Å². The van der Waals surface area contributed by atoms with E-state index in [0.29, 0.717) is 22.5 Å². The Bertz CT molecular complexity index is 2560. The van der Waals surface area contributed by atoms with Crippen molar-refractivity contribution in [1.82, 2.24) is 15.6 Å². The number of rotatable bonds is 18. The molecular weight excluding hydrogens is 853 g/mol. The number of carbonyl (C=O) groups is 6. The number of ether oxygens (including phenoxy) is 3. The van der Waals surface area contributed by atoms with Gasteiger partial charge >= 0.3 is 18.2 Å². The van der Waals surface area contributed by atoms with Crippen LogP contribution < -0.4 is 26.6 Å². The van der Waals surface area contributed by atoms with Gasteiger partial charge < -0.3 is 40.8 Å². The summed E-state index contributed by atoms with van der Waals surface area (Å²) in [5.41, 5.74) is 7.88. The Morgan fingerprint density at radius 3 is 2.07 bits per heavy atom. The minimum atomic E-state index is -0.985. The molecule has 0 saturated carbocycles. The molecule has 5 N–H and O–H groups in total. The van der Waals surface area contributed by atoms with Crippen LogP contribution in [0.4, 0.5) is 26.7 Å². The zero-order valence-electron chi connectivity index (χ0n) is 38.3. The highest BCUT2D eigenvalue weighted by Crippen LogP contribution is 2.40. The molecule has 1 aliphatic carbocycles. The van der Waals surface area contributed by atoms with E-state index in [0.717, 1.165) is 23.1 Å². The van der Waals surface area contributed by atoms with E-state index in [1.165, 1.54) is 42.2 Å². The third-order valence-corrected chi connectivity index (χ3v) is 10.5. The van der Waals surface area contributed by atoms with Gasteiger partial charge in [0.2, 0.25) is 12.7 Å². The van der Waals surface area contributed by atoms with Crippen molar-refractivity contribution in [3.63, 3.8) is 0 Å². The normalized spacial score (nSPS) is 13.7. The fraction of sp³-hybridized carbons (Fsp3) is 0.250. The van der Waals surface area contributed by atoms with Gasteiger partial charge in [-0.3, -0.25) is 19.4 Å². The Balaban J connectivity index is 0.992. The monoisotopic (exact) mass is 908 g/mol. The summed E-state index contributed by atoms with van der Waals surface area (Å²) < 4.78 is 15.0. The number of anilines is 3. The second-order valence-electron chi connectivity index (χ2n) is 16.4. The first-order valence-electron chi connectivity index (χ1n) is 21.6. The molecule has 1 heterocycles. The van der Waals surface area contributed by atoms with E-state index in [4.69, 9.17) is 14.2 Å². The third-order valence-electron chi connectivity index (χ3n) is 10.5. The van der Waals surface area contributed by atoms with Crippen LogP contribution in [0.15, 0.2) is 156 Å². The molecule has 0 bridgehead atoms. The summed E-state index contributed by atoms with van der Waals surface area (Å²) in [5, 5.41) is 13.1.